The summed E-state index contributed by atoms with van der Waals surface area (Å²) in [6.07, 6.45) is 0. The molecule has 0 nitrogen and oxygen atoms in total. The molecule has 0 spiro atoms. The quantitative estimate of drug-likeness (QED) is 0.408. The van der Waals surface area contributed by atoms with Crippen LogP contribution in [-0.2, 0) is 8.16 Å². The third kappa shape index (κ3) is 1.10. The summed E-state index contributed by atoms with van der Waals surface area (Å²) in [7, 11) is 0. The Balaban J connectivity index is 2.73. The summed E-state index contributed by atoms with van der Waals surface area (Å²) in [5, 5.41) is 3.22. The molecule has 0 amide bonds. The van der Waals surface area contributed by atoms with Gasteiger partial charge < -0.3 is 0 Å². The Labute approximate surface area is 106 Å². The maximum atomic E-state index is 13.8. The van der Waals surface area contributed by atoms with Crippen LogP contribution < -0.4 is 0 Å². The fraction of sp³-hybridized carbons (Fsp3) is 0.429. The number of thiol groups is 4. The Hall–Kier alpha value is 0.960. The molecule has 1 aromatic rings. The molecule has 0 unspecified atom stereocenters. The van der Waals surface area contributed by atoms with Gasteiger partial charge in [-0.15, -0.1) is 0 Å². The Morgan fingerprint density at radius 2 is 1.29 bits per heavy atom. The van der Waals surface area contributed by atoms with Crippen molar-refractivity contribution < 1.29 is 8.78 Å². The minimum absolute atomic E-state index is 0.393. The highest BCUT2D eigenvalue weighted by Gasteiger charge is 2.69. The number of thiophene rings is 1. The zero-order valence-electron chi connectivity index (χ0n) is 6.61. The summed E-state index contributed by atoms with van der Waals surface area (Å²) in [4.78, 5) is 0. The van der Waals surface area contributed by atoms with Crippen LogP contribution in [0.3, 0.4) is 0 Å². The van der Waals surface area contributed by atoms with Crippen molar-refractivity contribution in [1.29, 1.82) is 0 Å². The lowest BCUT2D eigenvalue weighted by Gasteiger charge is -2.32. The minimum Gasteiger partial charge on any atom is -0.201 e. The average Bonchev–Trinajstić information content (AvgIpc) is 2.53. The molecule has 0 saturated carbocycles. The van der Waals surface area contributed by atoms with E-state index in [4.69, 9.17) is 0 Å². The van der Waals surface area contributed by atoms with Crippen LogP contribution in [0.5, 0.6) is 0 Å². The number of halogens is 2. The zero-order valence-corrected chi connectivity index (χ0v) is 11.0. The fourth-order valence-corrected chi connectivity index (χ4v) is 4.48. The van der Waals surface area contributed by atoms with E-state index in [-0.39, 0.29) is 0 Å². The Bertz CT molecular complexity index is 349. The van der Waals surface area contributed by atoms with Crippen molar-refractivity contribution in [3.05, 3.63) is 21.9 Å². The number of alkyl halides is 2. The van der Waals surface area contributed by atoms with Gasteiger partial charge in [0.2, 0.25) is 0 Å². The van der Waals surface area contributed by atoms with Crippen molar-refractivity contribution in [3.8, 4) is 0 Å². The Morgan fingerprint density at radius 1 is 0.929 bits per heavy atom. The second kappa shape index (κ2) is 3.00. The first-order valence-electron chi connectivity index (χ1n) is 3.57. The van der Waals surface area contributed by atoms with Crippen LogP contribution in [0.4, 0.5) is 8.78 Å². The fourth-order valence-electron chi connectivity index (χ4n) is 1.42. The van der Waals surface area contributed by atoms with Crippen LogP contribution in [-0.4, -0.2) is 5.92 Å². The molecule has 1 aliphatic carbocycles. The van der Waals surface area contributed by atoms with E-state index in [0.717, 1.165) is 0 Å². The van der Waals surface area contributed by atoms with E-state index in [9.17, 15) is 8.78 Å². The summed E-state index contributed by atoms with van der Waals surface area (Å²) in [5.74, 6) is -3.21. The van der Waals surface area contributed by atoms with E-state index < -0.39 is 14.1 Å². The van der Waals surface area contributed by atoms with Crippen molar-refractivity contribution in [2.24, 2.45) is 0 Å². The predicted octanol–water partition coefficient (Wildman–Crippen LogP) is 3.42. The lowest BCUT2D eigenvalue weighted by atomic mass is 10.2. The highest BCUT2D eigenvalue weighted by atomic mass is 32.2. The maximum Gasteiger partial charge on any atom is 0.302 e. The first kappa shape index (κ1) is 11.4. The van der Waals surface area contributed by atoms with Gasteiger partial charge in [0, 0.05) is 11.1 Å². The molecule has 0 aliphatic heterocycles. The van der Waals surface area contributed by atoms with Gasteiger partial charge in [-0.25, -0.2) is 8.78 Å². The van der Waals surface area contributed by atoms with E-state index in [1.165, 1.54) is 11.3 Å². The summed E-state index contributed by atoms with van der Waals surface area (Å²) in [6, 6.07) is 0. The smallest absolute Gasteiger partial charge is 0.201 e. The van der Waals surface area contributed by atoms with E-state index in [1.54, 1.807) is 10.8 Å². The van der Waals surface area contributed by atoms with Crippen molar-refractivity contribution in [1.82, 2.24) is 0 Å². The van der Waals surface area contributed by atoms with Gasteiger partial charge in [0.25, 0.3) is 0 Å². The SMILES string of the molecule is FC1(F)C(S)(S)c2cscc2C1(S)S. The molecule has 0 atom stereocenters. The van der Waals surface area contributed by atoms with Crippen LogP contribution in [0.25, 0.3) is 0 Å². The van der Waals surface area contributed by atoms with Gasteiger partial charge in [-0.05, 0) is 10.8 Å². The molecule has 1 heterocycles. The van der Waals surface area contributed by atoms with Crippen molar-refractivity contribution in [2.45, 2.75) is 14.1 Å². The highest BCUT2D eigenvalue weighted by molar-refractivity contribution is 8.02. The van der Waals surface area contributed by atoms with Gasteiger partial charge in [-0.2, -0.15) is 61.9 Å². The molecule has 0 saturated heterocycles. The molecule has 1 aliphatic rings. The summed E-state index contributed by atoms with van der Waals surface area (Å²) in [6.45, 7) is 0. The topological polar surface area (TPSA) is 0 Å². The molecule has 0 N–H and O–H groups in total. The lowest BCUT2D eigenvalue weighted by molar-refractivity contribution is -0.0115. The first-order valence-corrected chi connectivity index (χ1v) is 6.30. The van der Waals surface area contributed by atoms with Crippen molar-refractivity contribution in [2.75, 3.05) is 0 Å². The molecular weight excluding hydrogens is 282 g/mol. The Kier molecular flexibility index (Phi) is 2.45. The van der Waals surface area contributed by atoms with Gasteiger partial charge in [0.15, 0.2) is 0 Å². The normalized spacial score (nSPS) is 26.1. The molecule has 0 aromatic carbocycles. The van der Waals surface area contributed by atoms with Crippen molar-refractivity contribution >= 4 is 61.9 Å². The summed E-state index contributed by atoms with van der Waals surface area (Å²) in [5.41, 5.74) is 0.785. The summed E-state index contributed by atoms with van der Waals surface area (Å²) < 4.78 is 24.1. The predicted molar refractivity (Wildman–Crippen MR) is 68.6 cm³/mol. The largest absolute Gasteiger partial charge is 0.302 e. The molecule has 14 heavy (non-hydrogen) atoms. The second-order valence-electron chi connectivity index (χ2n) is 3.12. The van der Waals surface area contributed by atoms with Gasteiger partial charge in [0.05, 0.1) is 0 Å². The number of hydrogen-bond acceptors (Lipinski definition) is 5. The van der Waals surface area contributed by atoms with Crippen LogP contribution in [0.2, 0.25) is 0 Å². The van der Waals surface area contributed by atoms with Crippen LogP contribution >= 0.6 is 61.9 Å². The minimum atomic E-state index is -3.21. The van der Waals surface area contributed by atoms with E-state index in [2.05, 4.69) is 50.5 Å². The van der Waals surface area contributed by atoms with Crippen LogP contribution in [0, 0.1) is 0 Å². The molecule has 0 fully saturated rings. The van der Waals surface area contributed by atoms with Gasteiger partial charge >= 0.3 is 5.92 Å². The van der Waals surface area contributed by atoms with Crippen LogP contribution in [0.1, 0.15) is 11.1 Å². The average molecular weight is 288 g/mol. The number of rotatable bonds is 0. The first-order chi connectivity index (χ1) is 6.23. The monoisotopic (exact) mass is 288 g/mol. The molecule has 0 radical (unpaired) electrons. The third-order valence-electron chi connectivity index (χ3n) is 2.29. The molecule has 2 rings (SSSR count). The molecule has 1 aromatic heterocycles. The molecule has 78 valence electrons. The van der Waals surface area contributed by atoms with E-state index in [0.29, 0.717) is 11.1 Å². The van der Waals surface area contributed by atoms with E-state index in [1.807, 2.05) is 0 Å². The van der Waals surface area contributed by atoms with Gasteiger partial charge in [-0.1, -0.05) is 0 Å². The van der Waals surface area contributed by atoms with Crippen molar-refractivity contribution in [3.63, 3.8) is 0 Å². The second-order valence-corrected chi connectivity index (χ2v) is 7.25. The standard InChI is InChI=1S/C7H6F2S5/c8-7(9)5(10,11)3-1-14-2-4(3)6(7,12)13/h1-2,10-13H. The molecule has 7 heteroatoms. The molecular formula is C7H6F2S5. The number of hydrogen-bond donors (Lipinski definition) is 4. The van der Waals surface area contributed by atoms with Crippen LogP contribution in [0.15, 0.2) is 10.8 Å². The van der Waals surface area contributed by atoms with Gasteiger partial charge in [-0.3, -0.25) is 0 Å². The zero-order chi connectivity index (χ0) is 10.8. The number of fused-ring (bicyclic) bond motifs is 1. The third-order valence-corrected chi connectivity index (χ3v) is 5.12. The van der Waals surface area contributed by atoms with Gasteiger partial charge in [0.1, 0.15) is 8.16 Å². The Morgan fingerprint density at radius 3 is 1.64 bits per heavy atom. The molecule has 0 bridgehead atoms. The lowest BCUT2D eigenvalue weighted by Crippen LogP contribution is -2.41. The highest BCUT2D eigenvalue weighted by Crippen LogP contribution is 2.67. The van der Waals surface area contributed by atoms with E-state index >= 15 is 0 Å². The maximum absolute atomic E-state index is 13.8. The summed E-state index contributed by atoms with van der Waals surface area (Å²) >= 11 is 17.0.